The number of pyridine rings is 1. The third-order valence-electron chi connectivity index (χ3n) is 9.08. The van der Waals surface area contributed by atoms with E-state index in [0.717, 1.165) is 56.0 Å². The van der Waals surface area contributed by atoms with E-state index in [1.54, 1.807) is 18.3 Å². The first-order valence-electron chi connectivity index (χ1n) is 16.0. The average molecular weight is 655 g/mol. The number of para-hydroxylation sites is 1. The number of benzene rings is 2. The van der Waals surface area contributed by atoms with E-state index in [4.69, 9.17) is 9.72 Å². The number of likely N-dealkylation sites (N-methyl/N-ethyl adjacent to an activating group) is 1. The van der Waals surface area contributed by atoms with Gasteiger partial charge in [0.1, 0.15) is 17.2 Å². The quantitative estimate of drug-likeness (QED) is 0.238. The summed E-state index contributed by atoms with van der Waals surface area (Å²) in [6.07, 6.45) is 7.52. The first-order valence-corrected chi connectivity index (χ1v) is 17.5. The molecule has 2 aromatic carbocycles. The highest BCUT2D eigenvalue weighted by molar-refractivity contribution is 7.90. The summed E-state index contributed by atoms with van der Waals surface area (Å²) >= 11 is 0. The average Bonchev–Trinajstić information content (AvgIpc) is 3.79. The van der Waals surface area contributed by atoms with Gasteiger partial charge in [0.2, 0.25) is 16.0 Å². The maximum atomic E-state index is 14.1. The fourth-order valence-electron chi connectivity index (χ4n) is 6.30. The second kappa shape index (κ2) is 12.8. The van der Waals surface area contributed by atoms with Crippen molar-refractivity contribution in [1.29, 1.82) is 0 Å². The van der Waals surface area contributed by atoms with Crippen LogP contribution in [0.2, 0.25) is 0 Å². The Morgan fingerprint density at radius 3 is 2.45 bits per heavy atom. The van der Waals surface area contributed by atoms with E-state index in [-0.39, 0.29) is 18.1 Å². The summed E-state index contributed by atoms with van der Waals surface area (Å²) in [5, 5.41) is 3.35. The summed E-state index contributed by atoms with van der Waals surface area (Å²) < 4.78 is 35.9. The first-order chi connectivity index (χ1) is 22.8. The molecule has 1 saturated carbocycles. The van der Waals surface area contributed by atoms with E-state index in [1.165, 1.54) is 20.9 Å². The molecule has 0 amide bonds. The summed E-state index contributed by atoms with van der Waals surface area (Å²) in [4.78, 5) is 32.4. The number of imidazole rings is 1. The van der Waals surface area contributed by atoms with Gasteiger partial charge in [0.05, 0.1) is 11.8 Å². The van der Waals surface area contributed by atoms with Crippen LogP contribution >= 0.6 is 0 Å². The molecule has 3 aromatic heterocycles. The summed E-state index contributed by atoms with van der Waals surface area (Å²) in [5.74, 6) is 1.14. The summed E-state index contributed by atoms with van der Waals surface area (Å²) in [7, 11) is -1.55. The highest BCUT2D eigenvalue weighted by Gasteiger charge is 2.32. The lowest BCUT2D eigenvalue weighted by Crippen LogP contribution is -2.44. The third kappa shape index (κ3) is 6.32. The van der Waals surface area contributed by atoms with E-state index in [1.807, 2.05) is 37.3 Å². The Morgan fingerprint density at radius 1 is 0.957 bits per heavy atom. The number of aromatic nitrogens is 5. The molecule has 47 heavy (non-hydrogen) atoms. The molecule has 0 bridgehead atoms. The van der Waals surface area contributed by atoms with Gasteiger partial charge in [-0.25, -0.2) is 22.4 Å². The molecule has 1 N–H and O–H groups in total. The molecular formula is C34H38N8O4S. The lowest BCUT2D eigenvalue weighted by molar-refractivity contribution is 0.313. The Bertz CT molecular complexity index is 2060. The van der Waals surface area contributed by atoms with Crippen LogP contribution in [0.15, 0.2) is 78.0 Å². The van der Waals surface area contributed by atoms with Crippen molar-refractivity contribution in [2.75, 3.05) is 43.4 Å². The van der Waals surface area contributed by atoms with Gasteiger partial charge in [-0.2, -0.15) is 4.98 Å². The van der Waals surface area contributed by atoms with Crippen molar-refractivity contribution in [3.8, 4) is 11.5 Å². The fourth-order valence-corrected chi connectivity index (χ4v) is 8.18. The number of rotatable bonds is 9. The maximum absolute atomic E-state index is 14.1. The monoisotopic (exact) mass is 654 g/mol. The third-order valence-corrected chi connectivity index (χ3v) is 11.3. The zero-order valence-electron chi connectivity index (χ0n) is 26.5. The Hall–Kier alpha value is -4.75. The van der Waals surface area contributed by atoms with Gasteiger partial charge in [-0.05, 0) is 68.8 Å². The van der Waals surface area contributed by atoms with Crippen LogP contribution < -0.4 is 20.5 Å². The van der Waals surface area contributed by atoms with Gasteiger partial charge < -0.3 is 19.9 Å². The molecule has 1 aliphatic carbocycles. The number of anilines is 3. The molecule has 244 valence electrons. The number of hydrogen-bond donors (Lipinski definition) is 1. The van der Waals surface area contributed by atoms with Crippen LogP contribution in [0.5, 0.6) is 11.5 Å². The predicted octanol–water partition coefficient (Wildman–Crippen LogP) is 4.75. The van der Waals surface area contributed by atoms with Crippen LogP contribution in [0.4, 0.5) is 17.3 Å². The van der Waals surface area contributed by atoms with Crippen molar-refractivity contribution >= 4 is 38.4 Å². The molecule has 1 saturated heterocycles. The lowest BCUT2D eigenvalue weighted by Gasteiger charge is -2.34. The minimum Gasteiger partial charge on any atom is -0.451 e. The zero-order chi connectivity index (χ0) is 32.5. The van der Waals surface area contributed by atoms with Crippen molar-refractivity contribution in [2.24, 2.45) is 0 Å². The van der Waals surface area contributed by atoms with Gasteiger partial charge in [-0.1, -0.05) is 31.0 Å². The summed E-state index contributed by atoms with van der Waals surface area (Å²) in [6, 6.07) is 17.2. The second-order valence-corrected chi connectivity index (χ2v) is 14.4. The van der Waals surface area contributed by atoms with Crippen LogP contribution in [-0.4, -0.2) is 75.3 Å². The second-order valence-electron chi connectivity index (χ2n) is 12.3. The number of nitrogens with one attached hydrogen (secondary N) is 1. The minimum absolute atomic E-state index is 0.0763. The normalized spacial score (nSPS) is 16.2. The van der Waals surface area contributed by atoms with Crippen LogP contribution in [0.3, 0.4) is 0 Å². The van der Waals surface area contributed by atoms with Crippen LogP contribution in [-0.2, 0) is 16.6 Å². The molecular weight excluding hydrogens is 616 g/mol. The molecule has 5 aromatic rings. The van der Waals surface area contributed by atoms with Crippen molar-refractivity contribution in [3.05, 3.63) is 94.9 Å². The number of fused-ring (bicyclic) bond motifs is 1. The minimum atomic E-state index is -3.68. The molecule has 2 fully saturated rings. The van der Waals surface area contributed by atoms with E-state index in [9.17, 15) is 13.2 Å². The van der Waals surface area contributed by atoms with Crippen molar-refractivity contribution in [1.82, 2.24) is 28.4 Å². The highest BCUT2D eigenvalue weighted by Crippen LogP contribution is 2.29. The van der Waals surface area contributed by atoms with Gasteiger partial charge in [0.25, 0.3) is 5.56 Å². The van der Waals surface area contributed by atoms with Gasteiger partial charge in [-0.15, -0.1) is 0 Å². The van der Waals surface area contributed by atoms with Crippen LogP contribution in [0, 0.1) is 6.92 Å². The van der Waals surface area contributed by atoms with Crippen molar-refractivity contribution in [3.63, 3.8) is 0 Å². The topological polar surface area (TPSA) is 127 Å². The molecule has 2 aliphatic rings. The fraction of sp³-hybridized carbons (Fsp3) is 0.353. The number of aryl methyl sites for hydroxylation is 1. The lowest BCUT2D eigenvalue weighted by atomic mass is 10.2. The van der Waals surface area contributed by atoms with Crippen molar-refractivity contribution in [2.45, 2.75) is 44.4 Å². The molecule has 1 aliphatic heterocycles. The Morgan fingerprint density at radius 2 is 1.70 bits per heavy atom. The van der Waals surface area contributed by atoms with Crippen molar-refractivity contribution < 1.29 is 13.2 Å². The first kappa shape index (κ1) is 30.9. The van der Waals surface area contributed by atoms with Gasteiger partial charge >= 0.3 is 0 Å². The van der Waals surface area contributed by atoms with Crippen LogP contribution in [0.25, 0.3) is 11.0 Å². The molecule has 0 radical (unpaired) electrons. The zero-order valence-corrected chi connectivity index (χ0v) is 27.4. The van der Waals surface area contributed by atoms with E-state index >= 15 is 0 Å². The Balaban J connectivity index is 1.24. The molecule has 12 nitrogen and oxygen atoms in total. The SMILES string of the molecule is Cc1ccccc1Oc1cc2cnc(Nc3ccc(N4CCN(C)CC4)cc3)nc2n(Cc2nccn2S(=O)(=O)C2CCCC2)c1=O. The summed E-state index contributed by atoms with van der Waals surface area (Å²) in [6.45, 7) is 5.77. The largest absolute Gasteiger partial charge is 0.451 e. The molecule has 13 heteroatoms. The van der Waals surface area contributed by atoms with Gasteiger partial charge in [0.15, 0.2) is 5.75 Å². The van der Waals surface area contributed by atoms with Crippen LogP contribution in [0.1, 0.15) is 37.1 Å². The smallest absolute Gasteiger partial charge is 0.295 e. The Kier molecular flexibility index (Phi) is 8.41. The predicted molar refractivity (Wildman–Crippen MR) is 182 cm³/mol. The molecule has 4 heterocycles. The molecule has 7 rings (SSSR count). The summed E-state index contributed by atoms with van der Waals surface area (Å²) in [5.41, 5.74) is 2.68. The highest BCUT2D eigenvalue weighted by atomic mass is 32.2. The molecule has 0 spiro atoms. The van der Waals surface area contributed by atoms with Gasteiger partial charge in [-0.3, -0.25) is 9.36 Å². The molecule has 0 atom stereocenters. The number of nitrogens with zero attached hydrogens (tertiary/aromatic N) is 7. The number of ether oxygens (including phenoxy) is 1. The van der Waals surface area contributed by atoms with Gasteiger partial charge in [0, 0.05) is 61.5 Å². The van der Waals surface area contributed by atoms with E-state index in [2.05, 4.69) is 44.3 Å². The number of piperazine rings is 1. The maximum Gasteiger partial charge on any atom is 0.295 e. The number of hydrogen-bond acceptors (Lipinski definition) is 10. The standard InChI is InChI=1S/C34H38N8O4S/c1-24-7-3-6-10-29(24)46-30-21-25-22-36-34(37-26-11-13-27(14-12-26)40-19-17-39(2)18-20-40)38-32(25)41(33(30)43)23-31-35-15-16-42(31)47(44,45)28-8-4-5-9-28/h3,6-7,10-16,21-22,28H,4-5,8-9,17-20,23H2,1-2H3,(H,36,37,38). The van der Waals surface area contributed by atoms with E-state index < -0.39 is 20.8 Å². The van der Waals surface area contributed by atoms with E-state index in [0.29, 0.717) is 35.6 Å². The molecule has 0 unspecified atom stereocenters. The Labute approximate surface area is 273 Å².